The first-order valence-electron chi connectivity index (χ1n) is 5.76. The number of aromatic nitrogens is 1. The molecule has 84 valence electrons. The maximum atomic E-state index is 4.33. The van der Waals surface area contributed by atoms with Crippen molar-refractivity contribution in [3.05, 3.63) is 36.0 Å². The number of benzene rings is 1. The van der Waals surface area contributed by atoms with Crippen LogP contribution in [0.1, 0.15) is 19.4 Å². The molecule has 0 amide bonds. The molecule has 2 rings (SSSR count). The Hall–Kier alpha value is -1.57. The number of anilines is 1. The van der Waals surface area contributed by atoms with E-state index in [1.807, 2.05) is 13.2 Å². The summed E-state index contributed by atoms with van der Waals surface area (Å²) in [6, 6.07) is 8.68. The van der Waals surface area contributed by atoms with E-state index in [1.54, 1.807) is 0 Å². The molecule has 0 saturated carbocycles. The first-order valence-corrected chi connectivity index (χ1v) is 5.76. The monoisotopic (exact) mass is 214 g/mol. The molecule has 2 nitrogen and oxygen atoms in total. The molecule has 1 N–H and O–H groups in total. The Morgan fingerprint density at radius 1 is 1.25 bits per heavy atom. The van der Waals surface area contributed by atoms with Gasteiger partial charge in [0.2, 0.25) is 0 Å². The van der Waals surface area contributed by atoms with Crippen LogP contribution in [0.5, 0.6) is 0 Å². The SMILES string of the molecule is CNc1nccc2ccc(CC(C)C)cc12. The van der Waals surface area contributed by atoms with Gasteiger partial charge < -0.3 is 5.32 Å². The summed E-state index contributed by atoms with van der Waals surface area (Å²) in [5.74, 6) is 1.65. The molecule has 0 spiro atoms. The van der Waals surface area contributed by atoms with Crippen LogP contribution in [0.15, 0.2) is 30.5 Å². The molecule has 0 radical (unpaired) electrons. The Kier molecular flexibility index (Phi) is 3.09. The van der Waals surface area contributed by atoms with Crippen molar-refractivity contribution < 1.29 is 0 Å². The molecule has 1 heterocycles. The van der Waals surface area contributed by atoms with Gasteiger partial charge in [0.25, 0.3) is 0 Å². The lowest BCUT2D eigenvalue weighted by Crippen LogP contribution is -1.96. The van der Waals surface area contributed by atoms with Gasteiger partial charge in [0.1, 0.15) is 5.82 Å². The van der Waals surface area contributed by atoms with Gasteiger partial charge in [0.15, 0.2) is 0 Å². The van der Waals surface area contributed by atoms with E-state index in [9.17, 15) is 0 Å². The summed E-state index contributed by atoms with van der Waals surface area (Å²) >= 11 is 0. The highest BCUT2D eigenvalue weighted by atomic mass is 14.9. The maximum absolute atomic E-state index is 4.33. The zero-order valence-corrected chi connectivity index (χ0v) is 10.1. The van der Waals surface area contributed by atoms with Gasteiger partial charge in [-0.2, -0.15) is 0 Å². The van der Waals surface area contributed by atoms with E-state index in [1.165, 1.54) is 16.3 Å². The zero-order chi connectivity index (χ0) is 11.5. The van der Waals surface area contributed by atoms with Crippen molar-refractivity contribution in [2.75, 3.05) is 12.4 Å². The van der Waals surface area contributed by atoms with Crippen molar-refractivity contribution in [3.63, 3.8) is 0 Å². The number of rotatable bonds is 3. The Bertz CT molecular complexity index is 489. The van der Waals surface area contributed by atoms with Crippen LogP contribution >= 0.6 is 0 Å². The maximum Gasteiger partial charge on any atom is 0.133 e. The number of nitrogens with one attached hydrogen (secondary N) is 1. The molecule has 2 aromatic rings. The molecular weight excluding hydrogens is 196 g/mol. The minimum absolute atomic E-state index is 0.687. The third-order valence-electron chi connectivity index (χ3n) is 2.71. The summed E-state index contributed by atoms with van der Waals surface area (Å²) in [7, 11) is 1.91. The van der Waals surface area contributed by atoms with Crippen molar-refractivity contribution in [2.45, 2.75) is 20.3 Å². The minimum atomic E-state index is 0.687. The van der Waals surface area contributed by atoms with E-state index in [0.717, 1.165) is 12.2 Å². The van der Waals surface area contributed by atoms with Crippen molar-refractivity contribution in [2.24, 2.45) is 5.92 Å². The molecule has 1 aromatic heterocycles. The van der Waals surface area contributed by atoms with E-state index >= 15 is 0 Å². The average Bonchev–Trinajstić information content (AvgIpc) is 2.27. The summed E-state index contributed by atoms with van der Waals surface area (Å²) in [4.78, 5) is 4.33. The number of hydrogen-bond donors (Lipinski definition) is 1. The standard InChI is InChI=1S/C14H18N2/c1-10(2)8-11-4-5-12-6-7-16-14(15-3)13(12)9-11/h4-7,9-10H,8H2,1-3H3,(H,15,16). The molecule has 0 aliphatic heterocycles. The quantitative estimate of drug-likeness (QED) is 0.846. The highest BCUT2D eigenvalue weighted by molar-refractivity contribution is 5.92. The number of nitrogens with zero attached hydrogens (tertiary/aromatic N) is 1. The summed E-state index contributed by atoms with van der Waals surface area (Å²) in [6.45, 7) is 4.48. The Morgan fingerprint density at radius 3 is 2.75 bits per heavy atom. The smallest absolute Gasteiger partial charge is 0.133 e. The van der Waals surface area contributed by atoms with Crippen molar-refractivity contribution in [1.82, 2.24) is 4.98 Å². The van der Waals surface area contributed by atoms with Gasteiger partial charge in [0.05, 0.1) is 0 Å². The zero-order valence-electron chi connectivity index (χ0n) is 10.1. The summed E-state index contributed by atoms with van der Waals surface area (Å²) in [5, 5.41) is 5.59. The van der Waals surface area contributed by atoms with Crippen LogP contribution in [0, 0.1) is 5.92 Å². The van der Waals surface area contributed by atoms with Gasteiger partial charge >= 0.3 is 0 Å². The van der Waals surface area contributed by atoms with E-state index < -0.39 is 0 Å². The van der Waals surface area contributed by atoms with Crippen LogP contribution in [-0.2, 0) is 6.42 Å². The second-order valence-electron chi connectivity index (χ2n) is 4.56. The summed E-state index contributed by atoms with van der Waals surface area (Å²) in [5.41, 5.74) is 1.38. The lowest BCUT2D eigenvalue weighted by atomic mass is 10.0. The van der Waals surface area contributed by atoms with E-state index in [-0.39, 0.29) is 0 Å². The molecular formula is C14H18N2. The van der Waals surface area contributed by atoms with Crippen LogP contribution < -0.4 is 5.32 Å². The highest BCUT2D eigenvalue weighted by Gasteiger charge is 2.03. The van der Waals surface area contributed by atoms with Gasteiger partial charge in [-0.3, -0.25) is 0 Å². The lowest BCUT2D eigenvalue weighted by molar-refractivity contribution is 0.648. The molecule has 0 bridgehead atoms. The third-order valence-corrected chi connectivity index (χ3v) is 2.71. The molecule has 1 aromatic carbocycles. The predicted molar refractivity (Wildman–Crippen MR) is 69.8 cm³/mol. The van der Waals surface area contributed by atoms with Crippen LogP contribution in [-0.4, -0.2) is 12.0 Å². The second-order valence-corrected chi connectivity index (χ2v) is 4.56. The normalized spacial score (nSPS) is 11.0. The fourth-order valence-electron chi connectivity index (χ4n) is 2.01. The lowest BCUT2D eigenvalue weighted by Gasteiger charge is -2.09. The Balaban J connectivity index is 2.50. The van der Waals surface area contributed by atoms with Crippen molar-refractivity contribution in [1.29, 1.82) is 0 Å². The topological polar surface area (TPSA) is 24.9 Å². The van der Waals surface area contributed by atoms with Gasteiger partial charge in [0, 0.05) is 18.6 Å². The molecule has 0 atom stereocenters. The van der Waals surface area contributed by atoms with Crippen LogP contribution in [0.2, 0.25) is 0 Å². The molecule has 0 saturated heterocycles. The summed E-state index contributed by atoms with van der Waals surface area (Å²) < 4.78 is 0. The number of pyridine rings is 1. The largest absolute Gasteiger partial charge is 0.373 e. The number of fused-ring (bicyclic) bond motifs is 1. The highest BCUT2D eigenvalue weighted by Crippen LogP contribution is 2.23. The van der Waals surface area contributed by atoms with Crippen molar-refractivity contribution in [3.8, 4) is 0 Å². The van der Waals surface area contributed by atoms with Gasteiger partial charge in [-0.1, -0.05) is 26.0 Å². The third kappa shape index (κ3) is 2.16. The molecule has 16 heavy (non-hydrogen) atoms. The van der Waals surface area contributed by atoms with Gasteiger partial charge in [-0.15, -0.1) is 0 Å². The minimum Gasteiger partial charge on any atom is -0.373 e. The van der Waals surface area contributed by atoms with Crippen LogP contribution in [0.25, 0.3) is 10.8 Å². The fraction of sp³-hybridized carbons (Fsp3) is 0.357. The number of hydrogen-bond acceptors (Lipinski definition) is 2. The average molecular weight is 214 g/mol. The molecule has 2 heteroatoms. The van der Waals surface area contributed by atoms with Gasteiger partial charge in [-0.05, 0) is 35.4 Å². The molecule has 0 unspecified atom stereocenters. The first-order chi connectivity index (χ1) is 7.70. The Morgan fingerprint density at radius 2 is 2.06 bits per heavy atom. The van der Waals surface area contributed by atoms with Gasteiger partial charge in [-0.25, -0.2) is 4.98 Å². The molecule has 0 fully saturated rings. The fourth-order valence-corrected chi connectivity index (χ4v) is 2.01. The van der Waals surface area contributed by atoms with Crippen molar-refractivity contribution >= 4 is 16.6 Å². The second kappa shape index (κ2) is 4.52. The van der Waals surface area contributed by atoms with Crippen LogP contribution in [0.3, 0.4) is 0 Å². The molecule has 0 aliphatic carbocycles. The van der Waals surface area contributed by atoms with E-state index in [4.69, 9.17) is 0 Å². The first kappa shape index (κ1) is 10.9. The van der Waals surface area contributed by atoms with E-state index in [0.29, 0.717) is 5.92 Å². The Labute approximate surface area is 96.7 Å². The molecule has 0 aliphatic rings. The predicted octanol–water partition coefficient (Wildman–Crippen LogP) is 3.48. The summed E-state index contributed by atoms with van der Waals surface area (Å²) in [6.07, 6.45) is 2.96. The van der Waals surface area contributed by atoms with Crippen LogP contribution in [0.4, 0.5) is 5.82 Å². The van der Waals surface area contributed by atoms with E-state index in [2.05, 4.69) is 48.4 Å².